The first-order valence-electron chi connectivity index (χ1n) is 8.42. The maximum Gasteiger partial charge on any atom is 0.261 e. The summed E-state index contributed by atoms with van der Waals surface area (Å²) in [6.07, 6.45) is 3.35. The molecule has 2 aliphatic rings. The summed E-state index contributed by atoms with van der Waals surface area (Å²) in [5, 5.41) is 0. The third-order valence-electron chi connectivity index (χ3n) is 4.69. The molecular weight excluding hydrogens is 324 g/mol. The van der Waals surface area contributed by atoms with Gasteiger partial charge in [0.1, 0.15) is 0 Å². The number of imide groups is 1. The van der Waals surface area contributed by atoms with Gasteiger partial charge in [0.15, 0.2) is 0 Å². The molecule has 1 fully saturated rings. The van der Waals surface area contributed by atoms with Crippen molar-refractivity contribution in [3.05, 3.63) is 35.4 Å². The summed E-state index contributed by atoms with van der Waals surface area (Å²) in [7, 11) is 0. The van der Waals surface area contributed by atoms with Crippen LogP contribution in [0, 0.1) is 0 Å². The Hall–Kier alpha value is -1.82. The lowest BCUT2D eigenvalue weighted by molar-refractivity contribution is -0.131. The number of hydrogen-bond acceptors (Lipinski definition) is 4. The zero-order valence-electron chi connectivity index (χ0n) is 13.9. The number of piperidine rings is 1. The highest BCUT2D eigenvalue weighted by atomic mass is 32.2. The third kappa shape index (κ3) is 3.34. The molecular formula is C18H22N2O3S. The smallest absolute Gasteiger partial charge is 0.261 e. The number of thioether (sulfide) groups is 1. The molecule has 0 N–H and O–H groups in total. The number of hydrogen-bond donors (Lipinski definition) is 0. The average molecular weight is 346 g/mol. The van der Waals surface area contributed by atoms with Crippen LogP contribution in [-0.2, 0) is 4.79 Å². The maximum atomic E-state index is 12.3. The minimum absolute atomic E-state index is 0.162. The highest BCUT2D eigenvalue weighted by molar-refractivity contribution is 7.99. The Labute approximate surface area is 146 Å². The van der Waals surface area contributed by atoms with E-state index in [9.17, 15) is 14.4 Å². The molecule has 1 aromatic carbocycles. The van der Waals surface area contributed by atoms with E-state index >= 15 is 0 Å². The number of amides is 3. The Morgan fingerprint density at radius 3 is 2.46 bits per heavy atom. The number of benzene rings is 1. The van der Waals surface area contributed by atoms with Gasteiger partial charge in [0.05, 0.1) is 16.9 Å². The topological polar surface area (TPSA) is 57.7 Å². The zero-order chi connectivity index (χ0) is 17.1. The molecule has 0 bridgehead atoms. The number of nitrogens with zero attached hydrogens (tertiary/aromatic N) is 2. The normalized spacial score (nSPS) is 20.5. The number of fused-ring (bicyclic) bond motifs is 1. The van der Waals surface area contributed by atoms with Crippen molar-refractivity contribution < 1.29 is 14.4 Å². The Morgan fingerprint density at radius 2 is 1.83 bits per heavy atom. The van der Waals surface area contributed by atoms with Crippen molar-refractivity contribution in [1.29, 1.82) is 0 Å². The van der Waals surface area contributed by atoms with E-state index in [-0.39, 0.29) is 17.7 Å². The van der Waals surface area contributed by atoms with Crippen molar-refractivity contribution >= 4 is 29.5 Å². The van der Waals surface area contributed by atoms with E-state index in [1.165, 1.54) is 23.1 Å². The molecule has 2 aliphatic heterocycles. The Balaban J connectivity index is 1.47. The van der Waals surface area contributed by atoms with Crippen LogP contribution in [0.4, 0.5) is 0 Å². The van der Waals surface area contributed by atoms with Gasteiger partial charge in [-0.05, 0) is 38.3 Å². The molecule has 128 valence electrons. The number of carbonyl (C=O) groups excluding carboxylic acids is 3. The number of likely N-dealkylation sites (tertiary alicyclic amines) is 1. The van der Waals surface area contributed by atoms with Gasteiger partial charge < -0.3 is 4.90 Å². The highest BCUT2D eigenvalue weighted by Gasteiger charge is 2.34. The molecule has 3 rings (SSSR count). The van der Waals surface area contributed by atoms with Crippen molar-refractivity contribution in [2.45, 2.75) is 32.2 Å². The fraction of sp³-hybridized carbons (Fsp3) is 0.500. The number of carbonyl (C=O) groups is 3. The Morgan fingerprint density at radius 1 is 1.17 bits per heavy atom. The first kappa shape index (κ1) is 17.0. The van der Waals surface area contributed by atoms with Crippen molar-refractivity contribution in [1.82, 2.24) is 9.80 Å². The molecule has 1 saturated heterocycles. The van der Waals surface area contributed by atoms with Gasteiger partial charge in [-0.25, -0.2) is 0 Å². The molecule has 0 spiro atoms. The third-order valence-corrected chi connectivity index (χ3v) is 5.61. The first-order valence-corrected chi connectivity index (χ1v) is 9.57. The summed E-state index contributed by atoms with van der Waals surface area (Å²) in [6, 6.07) is 7.22. The minimum atomic E-state index is -0.229. The zero-order valence-corrected chi connectivity index (χ0v) is 14.7. The van der Waals surface area contributed by atoms with Crippen molar-refractivity contribution in [3.63, 3.8) is 0 Å². The summed E-state index contributed by atoms with van der Waals surface area (Å²) < 4.78 is 0. The second kappa shape index (κ2) is 7.38. The molecule has 3 amide bonds. The van der Waals surface area contributed by atoms with E-state index in [0.717, 1.165) is 19.4 Å². The van der Waals surface area contributed by atoms with Crippen LogP contribution in [0.2, 0.25) is 0 Å². The van der Waals surface area contributed by atoms with E-state index < -0.39 is 0 Å². The Kier molecular flexibility index (Phi) is 5.23. The van der Waals surface area contributed by atoms with Crippen molar-refractivity contribution in [2.24, 2.45) is 0 Å². The second-order valence-electron chi connectivity index (χ2n) is 6.29. The van der Waals surface area contributed by atoms with Gasteiger partial charge in [0.2, 0.25) is 5.91 Å². The monoisotopic (exact) mass is 346 g/mol. The van der Waals surface area contributed by atoms with Crippen LogP contribution in [-0.4, -0.2) is 58.2 Å². The van der Waals surface area contributed by atoms with Gasteiger partial charge in [-0.1, -0.05) is 12.1 Å². The quantitative estimate of drug-likeness (QED) is 0.607. The van der Waals surface area contributed by atoms with E-state index in [2.05, 4.69) is 6.92 Å². The molecule has 5 nitrogen and oxygen atoms in total. The molecule has 0 saturated carbocycles. The largest absolute Gasteiger partial charge is 0.339 e. The fourth-order valence-electron chi connectivity index (χ4n) is 3.31. The standard InChI is InChI=1S/C18H22N2O3S/c1-13-6-4-5-9-19(13)16(21)12-24-11-10-20-17(22)14-7-2-3-8-15(14)18(20)23/h2-3,7-8,13H,4-6,9-12H2,1H3/t13-/m1/s1. The molecule has 0 aromatic heterocycles. The molecule has 0 radical (unpaired) electrons. The van der Waals surface area contributed by atoms with Crippen molar-refractivity contribution in [2.75, 3.05) is 24.6 Å². The van der Waals surface area contributed by atoms with E-state index in [0.29, 0.717) is 35.2 Å². The van der Waals surface area contributed by atoms with E-state index in [1.807, 2.05) is 4.90 Å². The lowest BCUT2D eigenvalue weighted by Crippen LogP contribution is -2.43. The summed E-state index contributed by atoms with van der Waals surface area (Å²) in [5.41, 5.74) is 0.955. The number of rotatable bonds is 5. The van der Waals surface area contributed by atoms with Gasteiger partial charge in [-0.2, -0.15) is 11.8 Å². The van der Waals surface area contributed by atoms with Crippen LogP contribution in [0.15, 0.2) is 24.3 Å². The van der Waals surface area contributed by atoms with Gasteiger partial charge in [0, 0.05) is 24.9 Å². The maximum absolute atomic E-state index is 12.3. The SMILES string of the molecule is C[C@@H]1CCCCN1C(=O)CSCCN1C(=O)c2ccccc2C1=O. The van der Waals surface area contributed by atoms with Crippen LogP contribution in [0.5, 0.6) is 0 Å². The summed E-state index contributed by atoms with van der Waals surface area (Å²) in [4.78, 5) is 40.0. The minimum Gasteiger partial charge on any atom is -0.339 e. The van der Waals surface area contributed by atoms with Crippen LogP contribution in [0.25, 0.3) is 0 Å². The summed E-state index contributed by atoms with van der Waals surface area (Å²) >= 11 is 1.49. The average Bonchev–Trinajstić information content (AvgIpc) is 2.84. The molecule has 2 heterocycles. The van der Waals surface area contributed by atoms with E-state index in [1.54, 1.807) is 24.3 Å². The van der Waals surface area contributed by atoms with E-state index in [4.69, 9.17) is 0 Å². The predicted molar refractivity (Wildman–Crippen MR) is 94.2 cm³/mol. The molecule has 1 atom stereocenters. The Bertz CT molecular complexity index is 626. The molecule has 0 aliphatic carbocycles. The van der Waals surface area contributed by atoms with Crippen LogP contribution in [0.1, 0.15) is 46.9 Å². The fourth-order valence-corrected chi connectivity index (χ4v) is 4.11. The molecule has 6 heteroatoms. The van der Waals surface area contributed by atoms with Gasteiger partial charge in [-0.15, -0.1) is 0 Å². The lowest BCUT2D eigenvalue weighted by Gasteiger charge is -2.33. The molecule has 0 unspecified atom stereocenters. The van der Waals surface area contributed by atoms with Crippen LogP contribution in [0.3, 0.4) is 0 Å². The molecule has 24 heavy (non-hydrogen) atoms. The summed E-state index contributed by atoms with van der Waals surface area (Å²) in [6.45, 7) is 3.29. The summed E-state index contributed by atoms with van der Waals surface area (Å²) in [5.74, 6) is 0.696. The van der Waals surface area contributed by atoms with Crippen LogP contribution >= 0.6 is 11.8 Å². The first-order chi connectivity index (χ1) is 11.6. The van der Waals surface area contributed by atoms with Crippen LogP contribution < -0.4 is 0 Å². The lowest BCUT2D eigenvalue weighted by atomic mass is 10.0. The predicted octanol–water partition coefficient (Wildman–Crippen LogP) is 2.42. The van der Waals surface area contributed by atoms with Gasteiger partial charge in [0.25, 0.3) is 11.8 Å². The molecule has 1 aromatic rings. The van der Waals surface area contributed by atoms with Crippen molar-refractivity contribution in [3.8, 4) is 0 Å². The highest BCUT2D eigenvalue weighted by Crippen LogP contribution is 2.23. The van der Waals surface area contributed by atoms with Gasteiger partial charge >= 0.3 is 0 Å². The second-order valence-corrected chi connectivity index (χ2v) is 7.40. The van der Waals surface area contributed by atoms with Gasteiger partial charge in [-0.3, -0.25) is 19.3 Å².